The highest BCUT2D eigenvalue weighted by atomic mass is 32.2. The second-order valence-electron chi connectivity index (χ2n) is 21.7. The van der Waals surface area contributed by atoms with Crippen molar-refractivity contribution in [1.29, 1.82) is 0 Å². The van der Waals surface area contributed by atoms with Crippen molar-refractivity contribution in [3.63, 3.8) is 0 Å². The number of carbonyl (C=O) groups is 12. The Morgan fingerprint density at radius 2 is 0.747 bits per heavy atom. The van der Waals surface area contributed by atoms with Crippen molar-refractivity contribution in [3.05, 3.63) is 143 Å². The van der Waals surface area contributed by atoms with Crippen molar-refractivity contribution >= 4 is 83.1 Å². The molecule has 5 heterocycles. The van der Waals surface area contributed by atoms with Gasteiger partial charge >= 0.3 is 47.8 Å². The number of fused-ring (bicyclic) bond motifs is 2. The number of carbonyl (C=O) groups excluding carboxylic acids is 12. The Morgan fingerprint density at radius 3 is 1.13 bits per heavy atom. The number of hydrogen-bond acceptors (Lipinski definition) is 26. The average molecular weight is 1280 g/mol. The van der Waals surface area contributed by atoms with E-state index >= 15 is 0 Å². The lowest BCUT2D eigenvalue weighted by atomic mass is 9.93. The highest BCUT2D eigenvalue weighted by Crippen LogP contribution is 2.43. The molecular formula is C63H64N2O25S. The molecule has 28 heteroatoms. The van der Waals surface area contributed by atoms with Crippen molar-refractivity contribution in [3.8, 4) is 0 Å². The number of amides is 4. The van der Waals surface area contributed by atoms with Crippen molar-refractivity contribution < 1.29 is 119 Å². The Hall–Kier alpha value is -8.93. The van der Waals surface area contributed by atoms with Crippen LogP contribution in [0.4, 0.5) is 0 Å². The van der Waals surface area contributed by atoms with E-state index in [4.69, 9.17) is 61.6 Å². The first-order valence-electron chi connectivity index (χ1n) is 28.7. The van der Waals surface area contributed by atoms with Crippen molar-refractivity contribution in [2.24, 2.45) is 0 Å². The van der Waals surface area contributed by atoms with Crippen LogP contribution in [0.3, 0.4) is 0 Å². The number of ether oxygens (including phenoxy) is 13. The second-order valence-corrected chi connectivity index (χ2v) is 23.3. The minimum Gasteiger partial charge on any atom is -0.463 e. The Morgan fingerprint density at radius 1 is 0.407 bits per heavy atom. The van der Waals surface area contributed by atoms with Crippen molar-refractivity contribution in [1.82, 2.24) is 9.80 Å². The van der Waals surface area contributed by atoms with E-state index in [1.807, 2.05) is 0 Å². The summed E-state index contributed by atoms with van der Waals surface area (Å²) in [5.74, 6) is -11.5. The second kappa shape index (κ2) is 28.9. The number of benzene rings is 4. The highest BCUT2D eigenvalue weighted by molar-refractivity contribution is 8.00. The summed E-state index contributed by atoms with van der Waals surface area (Å²) in [5, 5.41) is -0.429. The van der Waals surface area contributed by atoms with Gasteiger partial charge in [0, 0.05) is 46.8 Å². The fourth-order valence-corrected chi connectivity index (χ4v) is 12.3. The van der Waals surface area contributed by atoms with E-state index in [2.05, 4.69) is 0 Å². The third-order valence-corrected chi connectivity index (χ3v) is 16.0. The third kappa shape index (κ3) is 15.0. The monoisotopic (exact) mass is 1280 g/mol. The predicted octanol–water partition coefficient (Wildman–Crippen LogP) is 4.34. The quantitative estimate of drug-likeness (QED) is 0.0636. The van der Waals surface area contributed by atoms with Gasteiger partial charge in [0.15, 0.2) is 49.2 Å². The van der Waals surface area contributed by atoms with Crippen LogP contribution in [0.2, 0.25) is 0 Å². The minimum absolute atomic E-state index is 0.00240. The maximum atomic E-state index is 14.9. The summed E-state index contributed by atoms with van der Waals surface area (Å²) >= 11 is 1.05. The first-order valence-corrected chi connectivity index (χ1v) is 29.7. The lowest BCUT2D eigenvalue weighted by Gasteiger charge is -2.51. The van der Waals surface area contributed by atoms with E-state index in [0.29, 0.717) is 9.80 Å². The van der Waals surface area contributed by atoms with E-state index < -0.39 is 188 Å². The van der Waals surface area contributed by atoms with Crippen LogP contribution < -0.4 is 0 Å². The molecule has 0 unspecified atom stereocenters. The Kier molecular flexibility index (Phi) is 21.1. The maximum absolute atomic E-state index is 14.9. The van der Waals surface area contributed by atoms with E-state index in [9.17, 15) is 57.5 Å². The zero-order valence-corrected chi connectivity index (χ0v) is 51.1. The lowest BCUT2D eigenvalue weighted by Crippen LogP contribution is -2.70. The number of hydrogen-bond donors (Lipinski definition) is 0. The molecule has 0 N–H and O–H groups in total. The fourth-order valence-electron chi connectivity index (χ4n) is 11.2. The molecule has 4 amide bonds. The van der Waals surface area contributed by atoms with E-state index in [0.717, 1.165) is 53.3 Å². The maximum Gasteiger partial charge on any atom is 0.338 e. The molecular weight excluding hydrogens is 1220 g/mol. The molecule has 3 saturated heterocycles. The third-order valence-electron chi connectivity index (χ3n) is 14.8. The van der Waals surface area contributed by atoms with Crippen LogP contribution in [-0.2, 0) is 90.3 Å². The Bertz CT molecular complexity index is 3390. The lowest BCUT2D eigenvalue weighted by molar-refractivity contribution is -0.329. The van der Waals surface area contributed by atoms with Crippen LogP contribution in [0.15, 0.2) is 109 Å². The average Bonchev–Trinajstić information content (AvgIpc) is 1.63. The van der Waals surface area contributed by atoms with Crippen LogP contribution in [-0.4, -0.2) is 197 Å². The summed E-state index contributed by atoms with van der Waals surface area (Å²) in [4.78, 5) is 167. The zero-order valence-electron chi connectivity index (χ0n) is 50.3. The molecule has 9 rings (SSSR count). The predicted molar refractivity (Wildman–Crippen MR) is 308 cm³/mol. The first kappa shape index (κ1) is 66.5. The van der Waals surface area contributed by atoms with Gasteiger partial charge in [-0.25, -0.2) is 9.59 Å². The topological polar surface area (TPSA) is 331 Å². The molecule has 0 spiro atoms. The van der Waals surface area contributed by atoms with Gasteiger partial charge in [-0.1, -0.05) is 74.5 Å². The van der Waals surface area contributed by atoms with Gasteiger partial charge in [-0.05, 0) is 48.5 Å². The van der Waals surface area contributed by atoms with Gasteiger partial charge < -0.3 is 61.6 Å². The summed E-state index contributed by atoms with van der Waals surface area (Å²) in [5.41, 5.74) is -1.89. The van der Waals surface area contributed by atoms with Crippen LogP contribution in [0.25, 0.3) is 0 Å². The molecule has 0 bridgehead atoms. The summed E-state index contributed by atoms with van der Waals surface area (Å²) < 4.78 is 80.7. The van der Waals surface area contributed by atoms with Gasteiger partial charge in [-0.2, -0.15) is 0 Å². The molecule has 3 fully saturated rings. The normalized spacial score (nSPS) is 27.6. The first-order chi connectivity index (χ1) is 43.4. The van der Waals surface area contributed by atoms with E-state index in [-0.39, 0.29) is 33.4 Å². The summed E-state index contributed by atoms with van der Waals surface area (Å²) in [7, 11) is 0. The Labute approximate surface area is 524 Å². The smallest absolute Gasteiger partial charge is 0.338 e. The van der Waals surface area contributed by atoms with Gasteiger partial charge in [-0.15, -0.1) is 11.8 Å². The number of imide groups is 2. The molecule has 91 heavy (non-hydrogen) atoms. The van der Waals surface area contributed by atoms with Crippen LogP contribution in [0, 0.1) is 0 Å². The van der Waals surface area contributed by atoms with E-state index in [1.54, 1.807) is 38.1 Å². The number of nitrogens with zero attached hydrogens (tertiary/aromatic N) is 2. The zero-order chi connectivity index (χ0) is 65.5. The number of thioether (sulfide) groups is 1. The minimum atomic E-state index is -2.16. The van der Waals surface area contributed by atoms with Crippen LogP contribution in [0.5, 0.6) is 0 Å². The molecule has 0 aromatic heterocycles. The molecule has 0 radical (unpaired) electrons. The van der Waals surface area contributed by atoms with Gasteiger partial charge in [0.1, 0.15) is 55.1 Å². The SMILES string of the molecule is CC(=O)OC[C@H]1O[C@@H](OC[C@H]2O[C@@H](SC(C)C)[C@H](OC(=O)c3ccccc3)[C@@H](O[C@@H]3O[C@H](COC(C)=O)[C@@H](OC(C)=O)[C@H](OC(C)=O)[C@H]3N3C(=O)c4ccccc4C3=O)[C@H]2OC(=O)c2ccccc2)[C@H](N2C(=O)c3ccccc3C2=O)[C@@H](OC(C)=O)[C@@H]1OC(C)=O. The molecule has 4 aromatic carbocycles. The summed E-state index contributed by atoms with van der Waals surface area (Å²) in [6, 6.07) is 22.7. The standard InChI is InChI=1S/C63H64N2O25S/c1-30(2)91-63-54(89-60(77)38-21-13-10-14-22-38)53(90-62-47(65-57(74)41-25-17-18-26-42(41)58(65)75)52(84-36(8)71)49(82-34(6)69)44(86-62)28-79-32(4)67)50(88-59(76)37-19-11-9-12-20-37)45(87-63)29-80-61-46(64-55(72)39-23-15-16-24-40(39)56(64)73)51(83-35(7)70)48(81-33(5)68)43(85-61)27-78-31(3)66/h9-26,30,43-54,61-63H,27-29H2,1-8H3/t43-,44-,45-,46-,47-,48-,49-,50+,51-,52-,53+,54-,61-,62+,63+/m1/s1. The van der Waals surface area contributed by atoms with Crippen LogP contribution in [0.1, 0.15) is 118 Å². The van der Waals surface area contributed by atoms with Gasteiger partial charge in [0.2, 0.25) is 0 Å². The van der Waals surface area contributed by atoms with Crippen LogP contribution >= 0.6 is 11.8 Å². The summed E-state index contributed by atoms with van der Waals surface area (Å²) in [6.45, 7) is 7.35. The molecule has 5 aliphatic heterocycles. The molecule has 482 valence electrons. The molecule has 5 aliphatic rings. The number of esters is 8. The Balaban J connectivity index is 1.23. The van der Waals surface area contributed by atoms with Gasteiger partial charge in [-0.3, -0.25) is 57.7 Å². The highest BCUT2D eigenvalue weighted by Gasteiger charge is 2.62. The molecule has 0 aliphatic carbocycles. The molecule has 4 aromatic rings. The molecule has 27 nitrogen and oxygen atoms in total. The molecule has 0 saturated carbocycles. The molecule has 15 atom stereocenters. The van der Waals surface area contributed by atoms with E-state index in [1.165, 1.54) is 84.9 Å². The van der Waals surface area contributed by atoms with Crippen molar-refractivity contribution in [2.45, 2.75) is 152 Å². The van der Waals surface area contributed by atoms with Gasteiger partial charge in [0.25, 0.3) is 23.6 Å². The summed E-state index contributed by atoms with van der Waals surface area (Å²) in [6.07, 6.45) is -22.1. The van der Waals surface area contributed by atoms with Crippen molar-refractivity contribution in [2.75, 3.05) is 19.8 Å². The number of rotatable bonds is 21. The van der Waals surface area contributed by atoms with Gasteiger partial charge in [0.05, 0.1) is 40.0 Å². The largest absolute Gasteiger partial charge is 0.463 e. The fraction of sp³-hybridized carbons (Fsp3) is 0.429.